The number of hydrogen-bond donors (Lipinski definition) is 1. The summed E-state index contributed by atoms with van der Waals surface area (Å²) in [5.74, 6) is -2.23. The standard InChI is InChI=1S/C20H23N3O6/c1-9(2)17(20(27)28-8-14(24)21-13-6-10(3)29-22-13)23-18(25)15-11-4-5-12(7-11)16(15)19(23)26/h4-6,9,11-12,15-17H,7-8H2,1-3H3,(H,21,22,24)/t11-,12-,15+,16+,17-/m0/s1. The highest BCUT2D eigenvalue weighted by molar-refractivity contribution is 6.09. The van der Waals surface area contributed by atoms with Gasteiger partial charge in [0.2, 0.25) is 11.8 Å². The number of nitrogens with one attached hydrogen (secondary N) is 1. The summed E-state index contributed by atoms with van der Waals surface area (Å²) in [4.78, 5) is 51.8. The van der Waals surface area contributed by atoms with Crippen molar-refractivity contribution in [3.05, 3.63) is 24.0 Å². The molecule has 1 saturated carbocycles. The largest absolute Gasteiger partial charge is 0.454 e. The summed E-state index contributed by atoms with van der Waals surface area (Å²) >= 11 is 0. The number of amides is 3. The highest BCUT2D eigenvalue weighted by Crippen LogP contribution is 2.53. The summed E-state index contributed by atoms with van der Waals surface area (Å²) in [7, 11) is 0. The first-order valence-electron chi connectivity index (χ1n) is 9.73. The van der Waals surface area contributed by atoms with Gasteiger partial charge < -0.3 is 14.6 Å². The number of rotatable bonds is 6. The molecule has 1 aromatic heterocycles. The molecular formula is C20H23N3O6. The summed E-state index contributed by atoms with van der Waals surface area (Å²) < 4.78 is 9.99. The molecule has 9 heteroatoms. The first kappa shape index (κ1) is 19.4. The number of anilines is 1. The van der Waals surface area contributed by atoms with Crippen LogP contribution in [0.4, 0.5) is 5.82 Å². The Kier molecular flexibility index (Phi) is 4.76. The van der Waals surface area contributed by atoms with E-state index < -0.39 is 24.5 Å². The number of ether oxygens (including phenoxy) is 1. The molecule has 1 saturated heterocycles. The van der Waals surface area contributed by atoms with Gasteiger partial charge in [0.15, 0.2) is 12.4 Å². The van der Waals surface area contributed by atoms with E-state index in [9.17, 15) is 19.2 Å². The normalized spacial score (nSPS) is 28.2. The summed E-state index contributed by atoms with van der Waals surface area (Å²) in [6, 6.07) is 0.473. The second kappa shape index (κ2) is 7.13. The molecule has 2 bridgehead atoms. The van der Waals surface area contributed by atoms with Crippen molar-refractivity contribution in [2.45, 2.75) is 33.2 Å². The number of imide groups is 1. The second-order valence-electron chi connectivity index (χ2n) is 8.21. The maximum atomic E-state index is 13.0. The van der Waals surface area contributed by atoms with Crippen LogP contribution in [0.2, 0.25) is 0 Å². The average molecular weight is 401 g/mol. The van der Waals surface area contributed by atoms with Gasteiger partial charge in [-0.2, -0.15) is 0 Å². The topological polar surface area (TPSA) is 119 Å². The van der Waals surface area contributed by atoms with E-state index in [0.29, 0.717) is 5.76 Å². The van der Waals surface area contributed by atoms with Crippen LogP contribution in [0.5, 0.6) is 0 Å². The van der Waals surface area contributed by atoms with Crippen molar-refractivity contribution >= 4 is 29.5 Å². The molecule has 2 fully saturated rings. The Balaban J connectivity index is 1.42. The predicted octanol–water partition coefficient (Wildman–Crippen LogP) is 1.30. The van der Waals surface area contributed by atoms with Crippen molar-refractivity contribution in [1.82, 2.24) is 10.1 Å². The molecule has 3 aliphatic rings. The molecule has 1 N–H and O–H groups in total. The molecule has 2 aliphatic carbocycles. The maximum absolute atomic E-state index is 13.0. The lowest BCUT2D eigenvalue weighted by Gasteiger charge is -2.28. The van der Waals surface area contributed by atoms with E-state index in [1.165, 1.54) is 6.07 Å². The molecule has 2 heterocycles. The fourth-order valence-corrected chi connectivity index (χ4v) is 4.70. The SMILES string of the molecule is Cc1cc(NC(=O)COC(=O)[C@H](C(C)C)N2C(=O)[C@H]3[C@H](C2=O)[C@H]2C=C[C@H]3C2)no1. The highest BCUT2D eigenvalue weighted by Gasteiger charge is 2.61. The number of esters is 1. The fraction of sp³-hybridized carbons (Fsp3) is 0.550. The van der Waals surface area contributed by atoms with Gasteiger partial charge >= 0.3 is 5.97 Å². The lowest BCUT2D eigenvalue weighted by atomic mass is 9.85. The van der Waals surface area contributed by atoms with E-state index in [4.69, 9.17) is 9.26 Å². The van der Waals surface area contributed by atoms with Crippen molar-refractivity contribution in [2.24, 2.45) is 29.6 Å². The van der Waals surface area contributed by atoms with Crippen LogP contribution < -0.4 is 5.32 Å². The molecule has 0 aromatic carbocycles. The molecule has 5 atom stereocenters. The number of allylic oxidation sites excluding steroid dienone is 2. The number of hydrogen-bond acceptors (Lipinski definition) is 7. The fourth-order valence-electron chi connectivity index (χ4n) is 4.70. The van der Waals surface area contributed by atoms with Crippen molar-refractivity contribution in [1.29, 1.82) is 0 Å². The lowest BCUT2D eigenvalue weighted by Crippen LogP contribution is -2.50. The van der Waals surface area contributed by atoms with Gasteiger partial charge in [-0.25, -0.2) is 4.79 Å². The van der Waals surface area contributed by atoms with E-state index in [0.717, 1.165) is 11.3 Å². The molecule has 0 radical (unpaired) electrons. The molecule has 1 aliphatic heterocycles. The Labute approximate surface area is 167 Å². The third kappa shape index (κ3) is 3.24. The number of carbonyl (C=O) groups is 4. The average Bonchev–Trinajstić information content (AvgIpc) is 3.41. The van der Waals surface area contributed by atoms with Crippen molar-refractivity contribution in [3.63, 3.8) is 0 Å². The van der Waals surface area contributed by atoms with Crippen LogP contribution in [0.25, 0.3) is 0 Å². The minimum absolute atomic E-state index is 0.0620. The summed E-state index contributed by atoms with van der Waals surface area (Å²) in [6.07, 6.45) is 4.82. The molecule has 154 valence electrons. The Morgan fingerprint density at radius 1 is 1.24 bits per heavy atom. The monoisotopic (exact) mass is 401 g/mol. The van der Waals surface area contributed by atoms with E-state index in [1.807, 2.05) is 12.2 Å². The molecule has 0 unspecified atom stereocenters. The highest BCUT2D eigenvalue weighted by atomic mass is 16.5. The van der Waals surface area contributed by atoms with Crippen LogP contribution in [0.15, 0.2) is 22.7 Å². The van der Waals surface area contributed by atoms with Gasteiger partial charge in [0, 0.05) is 6.07 Å². The lowest BCUT2D eigenvalue weighted by molar-refractivity contribution is -0.162. The molecule has 9 nitrogen and oxygen atoms in total. The Hall–Kier alpha value is -2.97. The Bertz CT molecular complexity index is 874. The van der Waals surface area contributed by atoms with Gasteiger partial charge in [-0.1, -0.05) is 31.2 Å². The van der Waals surface area contributed by atoms with Crippen LogP contribution in [0.1, 0.15) is 26.0 Å². The zero-order chi connectivity index (χ0) is 20.9. The number of aryl methyl sites for hydroxylation is 1. The van der Waals surface area contributed by atoms with Gasteiger partial charge in [-0.3, -0.25) is 19.3 Å². The molecule has 29 heavy (non-hydrogen) atoms. The van der Waals surface area contributed by atoms with Gasteiger partial charge in [-0.05, 0) is 31.1 Å². The third-order valence-electron chi connectivity index (χ3n) is 5.90. The van der Waals surface area contributed by atoms with Crippen LogP contribution in [-0.2, 0) is 23.9 Å². The van der Waals surface area contributed by atoms with Crippen molar-refractivity contribution < 1.29 is 28.4 Å². The van der Waals surface area contributed by atoms with E-state index in [1.54, 1.807) is 20.8 Å². The third-order valence-corrected chi connectivity index (χ3v) is 5.90. The molecule has 4 rings (SSSR count). The minimum atomic E-state index is -1.05. The minimum Gasteiger partial charge on any atom is -0.454 e. The summed E-state index contributed by atoms with van der Waals surface area (Å²) in [5, 5.41) is 6.08. The van der Waals surface area contributed by atoms with Gasteiger partial charge in [0.25, 0.3) is 5.91 Å². The van der Waals surface area contributed by atoms with Gasteiger partial charge in [0.1, 0.15) is 11.8 Å². The quantitative estimate of drug-likeness (QED) is 0.433. The zero-order valence-electron chi connectivity index (χ0n) is 16.5. The Morgan fingerprint density at radius 2 is 1.86 bits per heavy atom. The second-order valence-corrected chi connectivity index (χ2v) is 8.21. The van der Waals surface area contributed by atoms with Gasteiger partial charge in [-0.15, -0.1) is 0 Å². The van der Waals surface area contributed by atoms with E-state index in [2.05, 4.69) is 10.5 Å². The van der Waals surface area contributed by atoms with Gasteiger partial charge in [0.05, 0.1) is 11.8 Å². The van der Waals surface area contributed by atoms with Crippen LogP contribution in [-0.4, -0.2) is 46.4 Å². The first-order chi connectivity index (χ1) is 13.8. The molecular weight excluding hydrogens is 378 g/mol. The number of carbonyl (C=O) groups excluding carboxylic acids is 4. The number of likely N-dealkylation sites (tertiary alicyclic amines) is 1. The zero-order valence-corrected chi connectivity index (χ0v) is 16.5. The summed E-state index contributed by atoms with van der Waals surface area (Å²) in [6.45, 7) is 4.61. The molecule has 3 amide bonds. The first-order valence-corrected chi connectivity index (χ1v) is 9.73. The smallest absolute Gasteiger partial charge is 0.330 e. The number of aromatic nitrogens is 1. The van der Waals surface area contributed by atoms with E-state index >= 15 is 0 Å². The number of fused-ring (bicyclic) bond motifs is 5. The van der Waals surface area contributed by atoms with Crippen LogP contribution in [0, 0.1) is 36.5 Å². The predicted molar refractivity (Wildman–Crippen MR) is 99.0 cm³/mol. The van der Waals surface area contributed by atoms with Crippen LogP contribution in [0.3, 0.4) is 0 Å². The van der Waals surface area contributed by atoms with E-state index in [-0.39, 0.29) is 47.2 Å². The molecule has 0 spiro atoms. The maximum Gasteiger partial charge on any atom is 0.330 e. The van der Waals surface area contributed by atoms with Crippen LogP contribution >= 0.6 is 0 Å². The molecule has 1 aromatic rings. The number of nitrogens with zero attached hydrogens (tertiary/aromatic N) is 2. The Morgan fingerprint density at radius 3 is 2.38 bits per heavy atom. The van der Waals surface area contributed by atoms with Crippen molar-refractivity contribution in [2.75, 3.05) is 11.9 Å². The van der Waals surface area contributed by atoms with Crippen molar-refractivity contribution in [3.8, 4) is 0 Å². The summed E-state index contributed by atoms with van der Waals surface area (Å²) in [5.41, 5.74) is 0.